The molecule has 3 heteroatoms. The topological polar surface area (TPSA) is 46.5 Å². The quantitative estimate of drug-likeness (QED) is 0.489. The van der Waals surface area contributed by atoms with Crippen LogP contribution in [-0.2, 0) is 4.74 Å². The molecule has 0 amide bonds. The van der Waals surface area contributed by atoms with Crippen LogP contribution in [0.2, 0.25) is 0 Å². The molecule has 2 saturated carbocycles. The molecule has 2 aliphatic carbocycles. The Hall–Kier alpha value is -2.05. The molecule has 0 aromatic heterocycles. The number of carbonyl (C=O) groups is 1. The lowest BCUT2D eigenvalue weighted by molar-refractivity contribution is 0.0600. The van der Waals surface area contributed by atoms with Gasteiger partial charge in [0, 0.05) is 11.5 Å². The highest BCUT2D eigenvalue weighted by atomic mass is 16.5. The molecule has 1 aromatic rings. The highest BCUT2D eigenvalue weighted by Gasteiger charge is 2.52. The first-order valence-electron chi connectivity index (χ1n) is 7.18. The van der Waals surface area contributed by atoms with Crippen LogP contribution in [0.4, 0.5) is 0 Å². The van der Waals surface area contributed by atoms with Crippen LogP contribution in [0.25, 0.3) is 0 Å². The van der Waals surface area contributed by atoms with E-state index >= 15 is 0 Å². The van der Waals surface area contributed by atoms with E-state index < -0.39 is 11.6 Å². The average Bonchev–Trinajstić information content (AvgIpc) is 3.08. The zero-order valence-electron chi connectivity index (χ0n) is 12.1. The van der Waals surface area contributed by atoms with E-state index in [1.165, 1.54) is 7.11 Å². The molecule has 0 spiro atoms. The summed E-state index contributed by atoms with van der Waals surface area (Å²) in [6.45, 7) is 4.03. The molecule has 1 N–H and O–H groups in total. The summed E-state index contributed by atoms with van der Waals surface area (Å²) in [5.74, 6) is 6.09. The fraction of sp³-hybridized carbons (Fsp3) is 0.389. The number of hydrogen-bond donors (Lipinski definition) is 1. The van der Waals surface area contributed by atoms with Crippen LogP contribution >= 0.6 is 0 Å². The molecule has 0 radical (unpaired) electrons. The van der Waals surface area contributed by atoms with Gasteiger partial charge in [0.15, 0.2) is 0 Å². The molecule has 1 aromatic carbocycles. The van der Waals surface area contributed by atoms with Gasteiger partial charge in [0.25, 0.3) is 0 Å². The molecule has 0 heterocycles. The van der Waals surface area contributed by atoms with Crippen LogP contribution in [0.15, 0.2) is 36.4 Å². The molecule has 2 bridgehead atoms. The number of benzene rings is 1. The Balaban J connectivity index is 1.95. The molecule has 3 nitrogen and oxygen atoms in total. The van der Waals surface area contributed by atoms with Gasteiger partial charge in [-0.05, 0) is 42.9 Å². The summed E-state index contributed by atoms with van der Waals surface area (Å²) >= 11 is 0. The molecule has 0 saturated heterocycles. The molecule has 0 aliphatic heterocycles. The fourth-order valence-electron chi connectivity index (χ4n) is 3.48. The maximum atomic E-state index is 11.7. The molecule has 2 fully saturated rings. The Labute approximate surface area is 124 Å². The molecule has 2 aliphatic rings. The van der Waals surface area contributed by atoms with Crippen LogP contribution in [0.3, 0.4) is 0 Å². The van der Waals surface area contributed by atoms with Crippen molar-refractivity contribution in [3.8, 4) is 11.8 Å². The Bertz CT molecular complexity index is 665. The first-order valence-corrected chi connectivity index (χ1v) is 7.18. The Morgan fingerprint density at radius 3 is 2.86 bits per heavy atom. The molecular formula is C18H18O3. The van der Waals surface area contributed by atoms with Crippen molar-refractivity contribution in [1.29, 1.82) is 0 Å². The van der Waals surface area contributed by atoms with Gasteiger partial charge in [0.05, 0.1) is 12.7 Å². The summed E-state index contributed by atoms with van der Waals surface area (Å²) < 4.78 is 4.76. The zero-order chi connectivity index (χ0) is 15.0. The van der Waals surface area contributed by atoms with Crippen molar-refractivity contribution in [2.45, 2.75) is 24.9 Å². The Morgan fingerprint density at radius 1 is 1.43 bits per heavy atom. The summed E-state index contributed by atoms with van der Waals surface area (Å²) in [6.07, 6.45) is 3.07. The number of fused-ring (bicyclic) bond motifs is 2. The zero-order valence-corrected chi connectivity index (χ0v) is 12.1. The van der Waals surface area contributed by atoms with E-state index in [4.69, 9.17) is 4.74 Å². The van der Waals surface area contributed by atoms with Crippen LogP contribution in [0, 0.1) is 23.7 Å². The second kappa shape index (κ2) is 5.05. The van der Waals surface area contributed by atoms with Crippen LogP contribution in [-0.4, -0.2) is 23.8 Å². The van der Waals surface area contributed by atoms with E-state index in [0.717, 1.165) is 24.8 Å². The molecule has 21 heavy (non-hydrogen) atoms. The lowest BCUT2D eigenvalue weighted by Gasteiger charge is -2.29. The van der Waals surface area contributed by atoms with Crippen molar-refractivity contribution in [3.63, 3.8) is 0 Å². The van der Waals surface area contributed by atoms with Crippen LogP contribution in [0.1, 0.15) is 35.2 Å². The van der Waals surface area contributed by atoms with E-state index in [1.54, 1.807) is 18.2 Å². The number of aliphatic hydroxyl groups is 1. The summed E-state index contributed by atoms with van der Waals surface area (Å²) in [4.78, 5) is 11.7. The first kappa shape index (κ1) is 13.9. The van der Waals surface area contributed by atoms with E-state index in [2.05, 4.69) is 18.4 Å². The fourth-order valence-corrected chi connectivity index (χ4v) is 3.48. The van der Waals surface area contributed by atoms with Gasteiger partial charge in [-0.3, -0.25) is 0 Å². The second-order valence-electron chi connectivity index (χ2n) is 5.79. The SMILES string of the molecule is C=C1C2CCC(C2)C1(O)C#Cc1ccccc1C(=O)OC. The maximum Gasteiger partial charge on any atom is 0.339 e. The third-order valence-electron chi connectivity index (χ3n) is 4.73. The largest absolute Gasteiger partial charge is 0.465 e. The highest BCUT2D eigenvalue weighted by Crippen LogP contribution is 2.53. The first-order chi connectivity index (χ1) is 10.1. The predicted molar refractivity (Wildman–Crippen MR) is 79.6 cm³/mol. The van der Waals surface area contributed by atoms with Gasteiger partial charge in [-0.1, -0.05) is 30.6 Å². The van der Waals surface area contributed by atoms with Gasteiger partial charge >= 0.3 is 5.97 Å². The third-order valence-corrected chi connectivity index (χ3v) is 4.73. The van der Waals surface area contributed by atoms with Crippen molar-refractivity contribution in [1.82, 2.24) is 0 Å². The molecule has 3 atom stereocenters. The summed E-state index contributed by atoms with van der Waals surface area (Å²) in [5, 5.41) is 10.8. The monoisotopic (exact) mass is 282 g/mol. The van der Waals surface area contributed by atoms with Gasteiger partial charge in [0.2, 0.25) is 0 Å². The maximum absolute atomic E-state index is 11.7. The van der Waals surface area contributed by atoms with Crippen molar-refractivity contribution in [2.75, 3.05) is 7.11 Å². The number of ether oxygens (including phenoxy) is 1. The van der Waals surface area contributed by atoms with Crippen molar-refractivity contribution < 1.29 is 14.6 Å². The minimum Gasteiger partial charge on any atom is -0.465 e. The van der Waals surface area contributed by atoms with Crippen molar-refractivity contribution in [3.05, 3.63) is 47.5 Å². The standard InChI is InChI=1S/C18H18O3/c1-12-14-7-8-15(11-14)18(12,20)10-9-13-5-3-4-6-16(13)17(19)21-2/h3-6,14-15,20H,1,7-8,11H2,2H3. The Morgan fingerprint density at radius 2 is 2.19 bits per heavy atom. The van der Waals surface area contributed by atoms with Gasteiger partial charge in [-0.25, -0.2) is 4.79 Å². The second-order valence-corrected chi connectivity index (χ2v) is 5.79. The summed E-state index contributed by atoms with van der Waals surface area (Å²) in [5.41, 5.74) is 0.728. The van der Waals surface area contributed by atoms with Crippen LogP contribution in [0.5, 0.6) is 0 Å². The highest BCUT2D eigenvalue weighted by molar-refractivity contribution is 5.92. The minimum atomic E-state index is -1.11. The van der Waals surface area contributed by atoms with E-state index in [1.807, 2.05) is 6.07 Å². The predicted octanol–water partition coefficient (Wildman–Crippen LogP) is 2.54. The Kier molecular flexibility index (Phi) is 3.35. The van der Waals surface area contributed by atoms with E-state index in [0.29, 0.717) is 17.0 Å². The van der Waals surface area contributed by atoms with Crippen molar-refractivity contribution in [2.24, 2.45) is 11.8 Å². The lowest BCUT2D eigenvalue weighted by Crippen LogP contribution is -2.35. The molecule has 3 unspecified atom stereocenters. The minimum absolute atomic E-state index is 0.174. The lowest BCUT2D eigenvalue weighted by atomic mass is 9.81. The van der Waals surface area contributed by atoms with E-state index in [9.17, 15) is 9.90 Å². The third kappa shape index (κ3) is 2.16. The number of esters is 1. The number of hydrogen-bond acceptors (Lipinski definition) is 3. The summed E-state index contributed by atoms with van der Waals surface area (Å²) in [6, 6.07) is 7.02. The molecule has 108 valence electrons. The van der Waals surface area contributed by atoms with Gasteiger partial charge in [0.1, 0.15) is 5.60 Å². The number of methoxy groups -OCH3 is 1. The smallest absolute Gasteiger partial charge is 0.339 e. The van der Waals surface area contributed by atoms with E-state index in [-0.39, 0.29) is 5.92 Å². The number of carbonyl (C=O) groups excluding carboxylic acids is 1. The van der Waals surface area contributed by atoms with Gasteiger partial charge < -0.3 is 9.84 Å². The van der Waals surface area contributed by atoms with Crippen molar-refractivity contribution >= 4 is 5.97 Å². The van der Waals surface area contributed by atoms with Gasteiger partial charge in [-0.2, -0.15) is 0 Å². The number of rotatable bonds is 1. The van der Waals surface area contributed by atoms with Gasteiger partial charge in [-0.15, -0.1) is 0 Å². The molecular weight excluding hydrogens is 264 g/mol. The average molecular weight is 282 g/mol. The van der Waals surface area contributed by atoms with Crippen LogP contribution < -0.4 is 0 Å². The summed E-state index contributed by atoms with van der Waals surface area (Å²) in [7, 11) is 1.35. The normalized spacial score (nSPS) is 29.9. The molecule has 3 rings (SSSR count).